The zero-order valence-corrected chi connectivity index (χ0v) is 11.8. The van der Waals surface area contributed by atoms with Crippen molar-refractivity contribution < 1.29 is 4.79 Å². The van der Waals surface area contributed by atoms with Crippen molar-refractivity contribution in [1.29, 1.82) is 0 Å². The van der Waals surface area contributed by atoms with E-state index in [1.165, 1.54) is 19.3 Å². The summed E-state index contributed by atoms with van der Waals surface area (Å²) in [6.07, 6.45) is 7.69. The molecule has 17 heavy (non-hydrogen) atoms. The monoisotopic (exact) mass is 256 g/mol. The normalized spacial score (nSPS) is 30.5. The van der Waals surface area contributed by atoms with Crippen molar-refractivity contribution in [1.82, 2.24) is 10.2 Å². The summed E-state index contributed by atoms with van der Waals surface area (Å²) >= 11 is 1.89. The highest BCUT2D eigenvalue weighted by atomic mass is 32.2. The Morgan fingerprint density at radius 3 is 3.06 bits per heavy atom. The van der Waals surface area contributed by atoms with Crippen molar-refractivity contribution in [2.45, 2.75) is 57.2 Å². The summed E-state index contributed by atoms with van der Waals surface area (Å²) in [4.78, 5) is 14.0. The minimum Gasteiger partial charge on any atom is -0.338 e. The van der Waals surface area contributed by atoms with Gasteiger partial charge in [-0.25, -0.2) is 0 Å². The van der Waals surface area contributed by atoms with Crippen LogP contribution in [-0.4, -0.2) is 47.5 Å². The highest BCUT2D eigenvalue weighted by molar-refractivity contribution is 7.98. The van der Waals surface area contributed by atoms with Gasteiger partial charge in [0.1, 0.15) is 0 Å². The summed E-state index contributed by atoms with van der Waals surface area (Å²) in [5.41, 5.74) is 0. The Balaban J connectivity index is 1.94. The standard InChI is InChI=1S/C13H24N2OS/c1-3-10(9-17-2)14-11-8-13(16)15-7-5-4-6-12(11)15/h10-12,14H,3-9H2,1-2H3. The molecule has 0 aromatic rings. The number of hydrogen-bond acceptors (Lipinski definition) is 3. The fourth-order valence-electron chi connectivity index (χ4n) is 3.08. The number of amides is 1. The maximum atomic E-state index is 11.9. The molecule has 0 aromatic carbocycles. The third-order valence-corrected chi connectivity index (χ3v) is 4.77. The van der Waals surface area contributed by atoms with E-state index in [0.29, 0.717) is 24.0 Å². The first-order valence-corrected chi connectivity index (χ1v) is 8.20. The van der Waals surface area contributed by atoms with E-state index in [0.717, 1.165) is 25.1 Å². The van der Waals surface area contributed by atoms with E-state index in [2.05, 4.69) is 23.4 Å². The van der Waals surface area contributed by atoms with Gasteiger partial charge in [0, 0.05) is 36.8 Å². The molecule has 4 heteroatoms. The van der Waals surface area contributed by atoms with Crippen LogP contribution in [0.2, 0.25) is 0 Å². The lowest BCUT2D eigenvalue weighted by Crippen LogP contribution is -2.49. The molecule has 3 nitrogen and oxygen atoms in total. The summed E-state index contributed by atoms with van der Waals surface area (Å²) in [5, 5.41) is 3.71. The minimum absolute atomic E-state index is 0.367. The minimum atomic E-state index is 0.367. The molecule has 2 rings (SSSR count). The maximum absolute atomic E-state index is 11.9. The molecule has 0 spiro atoms. The van der Waals surface area contributed by atoms with Crippen molar-refractivity contribution >= 4 is 17.7 Å². The molecule has 1 N–H and O–H groups in total. The summed E-state index contributed by atoms with van der Waals surface area (Å²) < 4.78 is 0. The van der Waals surface area contributed by atoms with Gasteiger partial charge in [-0.2, -0.15) is 11.8 Å². The number of fused-ring (bicyclic) bond motifs is 1. The van der Waals surface area contributed by atoms with E-state index in [1.54, 1.807) is 0 Å². The molecular formula is C13H24N2OS. The van der Waals surface area contributed by atoms with Crippen LogP contribution in [0.4, 0.5) is 0 Å². The zero-order chi connectivity index (χ0) is 12.3. The van der Waals surface area contributed by atoms with E-state index in [4.69, 9.17) is 0 Å². The Bertz CT molecular complexity index is 272. The Kier molecular flexibility index (Phi) is 4.74. The Morgan fingerprint density at radius 1 is 1.53 bits per heavy atom. The average molecular weight is 256 g/mol. The first-order valence-electron chi connectivity index (χ1n) is 6.80. The zero-order valence-electron chi connectivity index (χ0n) is 10.9. The lowest BCUT2D eigenvalue weighted by atomic mass is 9.98. The summed E-state index contributed by atoms with van der Waals surface area (Å²) in [6.45, 7) is 3.21. The molecule has 2 fully saturated rings. The van der Waals surface area contributed by atoms with Crippen molar-refractivity contribution in [2.24, 2.45) is 0 Å². The van der Waals surface area contributed by atoms with Gasteiger partial charge in [-0.1, -0.05) is 6.92 Å². The number of thioether (sulfide) groups is 1. The average Bonchev–Trinajstić information content (AvgIpc) is 2.66. The van der Waals surface area contributed by atoms with Crippen LogP contribution in [0, 0.1) is 0 Å². The lowest BCUT2D eigenvalue weighted by Gasteiger charge is -2.34. The van der Waals surface area contributed by atoms with Gasteiger partial charge in [0.2, 0.25) is 5.91 Å². The van der Waals surface area contributed by atoms with Gasteiger partial charge in [-0.3, -0.25) is 4.79 Å². The molecule has 1 amide bonds. The van der Waals surface area contributed by atoms with Crippen LogP contribution < -0.4 is 5.32 Å². The Labute approximate surface area is 109 Å². The third kappa shape index (κ3) is 2.97. The number of nitrogens with one attached hydrogen (secondary N) is 1. The Hall–Kier alpha value is -0.220. The fourth-order valence-corrected chi connectivity index (χ4v) is 3.82. The molecule has 98 valence electrons. The lowest BCUT2D eigenvalue weighted by molar-refractivity contribution is -0.129. The molecule has 2 saturated heterocycles. The number of piperidine rings is 1. The van der Waals surface area contributed by atoms with E-state index in [-0.39, 0.29) is 0 Å². The van der Waals surface area contributed by atoms with Crippen LogP contribution in [0.3, 0.4) is 0 Å². The smallest absolute Gasteiger partial charge is 0.224 e. The second-order valence-corrected chi connectivity index (χ2v) is 6.10. The highest BCUT2D eigenvalue weighted by Gasteiger charge is 2.40. The highest BCUT2D eigenvalue weighted by Crippen LogP contribution is 2.28. The van der Waals surface area contributed by atoms with Crippen molar-refractivity contribution in [3.05, 3.63) is 0 Å². The number of hydrogen-bond donors (Lipinski definition) is 1. The van der Waals surface area contributed by atoms with E-state index in [9.17, 15) is 4.79 Å². The molecule has 2 heterocycles. The van der Waals surface area contributed by atoms with Gasteiger partial charge in [0.05, 0.1) is 0 Å². The van der Waals surface area contributed by atoms with Crippen LogP contribution in [-0.2, 0) is 4.79 Å². The number of carbonyl (C=O) groups is 1. The maximum Gasteiger partial charge on any atom is 0.224 e. The summed E-state index contributed by atoms with van der Waals surface area (Å²) in [7, 11) is 0. The predicted molar refractivity (Wildman–Crippen MR) is 73.4 cm³/mol. The topological polar surface area (TPSA) is 32.3 Å². The Morgan fingerprint density at radius 2 is 2.35 bits per heavy atom. The molecule has 0 bridgehead atoms. The first kappa shape index (κ1) is 13.2. The quantitative estimate of drug-likeness (QED) is 0.815. The van der Waals surface area contributed by atoms with Gasteiger partial charge in [0.25, 0.3) is 0 Å². The van der Waals surface area contributed by atoms with Crippen LogP contribution in [0.1, 0.15) is 39.0 Å². The van der Waals surface area contributed by atoms with Gasteiger partial charge in [0.15, 0.2) is 0 Å². The van der Waals surface area contributed by atoms with E-state index < -0.39 is 0 Å². The molecule has 0 aromatic heterocycles. The van der Waals surface area contributed by atoms with Gasteiger partial charge < -0.3 is 10.2 Å². The molecule has 0 saturated carbocycles. The van der Waals surface area contributed by atoms with Gasteiger partial charge >= 0.3 is 0 Å². The fraction of sp³-hybridized carbons (Fsp3) is 0.923. The van der Waals surface area contributed by atoms with Gasteiger partial charge in [-0.15, -0.1) is 0 Å². The SMILES string of the molecule is CCC(CSC)NC1CC(=O)N2CCCCC12. The molecule has 0 aliphatic carbocycles. The van der Waals surface area contributed by atoms with Crippen LogP contribution >= 0.6 is 11.8 Å². The van der Waals surface area contributed by atoms with E-state index in [1.807, 2.05) is 11.8 Å². The van der Waals surface area contributed by atoms with E-state index >= 15 is 0 Å². The third-order valence-electron chi connectivity index (χ3n) is 4.04. The molecule has 0 radical (unpaired) electrons. The molecule has 3 atom stereocenters. The summed E-state index contributed by atoms with van der Waals surface area (Å²) in [5.74, 6) is 1.51. The molecule has 3 unspecified atom stereocenters. The molecule has 2 aliphatic heterocycles. The summed E-state index contributed by atoms with van der Waals surface area (Å²) in [6, 6.07) is 1.44. The molecular weight excluding hydrogens is 232 g/mol. The number of nitrogens with zero attached hydrogens (tertiary/aromatic N) is 1. The second kappa shape index (κ2) is 6.10. The van der Waals surface area contributed by atoms with Crippen LogP contribution in [0.15, 0.2) is 0 Å². The number of carbonyl (C=O) groups excluding carboxylic acids is 1. The van der Waals surface area contributed by atoms with Crippen LogP contribution in [0.25, 0.3) is 0 Å². The first-order chi connectivity index (χ1) is 8.26. The van der Waals surface area contributed by atoms with Gasteiger partial charge in [-0.05, 0) is 31.9 Å². The second-order valence-electron chi connectivity index (χ2n) is 5.19. The van der Waals surface area contributed by atoms with Crippen LogP contribution in [0.5, 0.6) is 0 Å². The van der Waals surface area contributed by atoms with Crippen molar-refractivity contribution in [2.75, 3.05) is 18.6 Å². The largest absolute Gasteiger partial charge is 0.338 e. The van der Waals surface area contributed by atoms with Crippen molar-refractivity contribution in [3.63, 3.8) is 0 Å². The van der Waals surface area contributed by atoms with Crippen molar-refractivity contribution in [3.8, 4) is 0 Å². The predicted octanol–water partition coefficient (Wildman–Crippen LogP) is 1.87. The molecule has 2 aliphatic rings. The number of rotatable bonds is 5.